The van der Waals surface area contributed by atoms with E-state index in [1.807, 2.05) is 0 Å². The molecule has 1 amide bonds. The molecule has 1 aromatic heterocycles. The third-order valence-electron chi connectivity index (χ3n) is 4.89. The summed E-state index contributed by atoms with van der Waals surface area (Å²) >= 11 is 0. The predicted molar refractivity (Wildman–Crippen MR) is 81.8 cm³/mol. The minimum atomic E-state index is 0. The number of rotatable bonds is 4. The van der Waals surface area contributed by atoms with Crippen molar-refractivity contribution in [2.24, 2.45) is 23.5 Å². The van der Waals surface area contributed by atoms with Gasteiger partial charge in [-0.2, -0.15) is 5.10 Å². The highest BCUT2D eigenvalue weighted by Crippen LogP contribution is 2.41. The number of hydrogen-bond acceptors (Lipinski definition) is 4. The van der Waals surface area contributed by atoms with Crippen LogP contribution in [0.5, 0.6) is 0 Å². The number of fused-ring (bicyclic) bond motifs is 2. The van der Waals surface area contributed by atoms with Crippen molar-refractivity contribution in [3.05, 3.63) is 12.7 Å². The topological polar surface area (TPSA) is 85.8 Å². The summed E-state index contributed by atoms with van der Waals surface area (Å²) in [4.78, 5) is 16.1. The quantitative estimate of drug-likeness (QED) is 0.867. The van der Waals surface area contributed by atoms with E-state index in [4.69, 9.17) is 5.73 Å². The lowest BCUT2D eigenvalue weighted by Crippen LogP contribution is -2.49. The molecule has 2 saturated carbocycles. The Balaban J connectivity index is 0.00000161. The number of nitrogens with two attached hydrogens (primary N) is 1. The molecular formula is C14H24ClN5O. The minimum absolute atomic E-state index is 0. The maximum atomic E-state index is 12.3. The molecule has 0 saturated heterocycles. The SMILES string of the molecule is Cl.NC1C2CCCC1CC(C(=O)NCCn1cncn1)C2. The van der Waals surface area contributed by atoms with E-state index in [1.54, 1.807) is 11.0 Å². The number of nitrogens with zero attached hydrogens (tertiary/aromatic N) is 3. The first-order valence-corrected chi connectivity index (χ1v) is 7.59. The van der Waals surface area contributed by atoms with Gasteiger partial charge >= 0.3 is 0 Å². The van der Waals surface area contributed by atoms with Crippen LogP contribution in [0.2, 0.25) is 0 Å². The minimum Gasteiger partial charge on any atom is -0.354 e. The van der Waals surface area contributed by atoms with Crippen molar-refractivity contribution in [1.82, 2.24) is 20.1 Å². The summed E-state index contributed by atoms with van der Waals surface area (Å²) in [5.74, 6) is 1.44. The van der Waals surface area contributed by atoms with Crippen LogP contribution in [0.25, 0.3) is 0 Å². The van der Waals surface area contributed by atoms with Crippen LogP contribution in [0.1, 0.15) is 32.1 Å². The Hall–Kier alpha value is -1.14. The summed E-state index contributed by atoms with van der Waals surface area (Å²) < 4.78 is 1.73. The molecule has 2 unspecified atom stereocenters. The van der Waals surface area contributed by atoms with Gasteiger partial charge in [-0.05, 0) is 37.5 Å². The summed E-state index contributed by atoms with van der Waals surface area (Å²) in [5.41, 5.74) is 6.26. The molecule has 1 heterocycles. The van der Waals surface area contributed by atoms with Crippen LogP contribution in [-0.4, -0.2) is 33.3 Å². The van der Waals surface area contributed by atoms with Gasteiger partial charge in [0.15, 0.2) is 0 Å². The fourth-order valence-corrected chi connectivity index (χ4v) is 3.79. The van der Waals surface area contributed by atoms with Gasteiger partial charge < -0.3 is 11.1 Å². The molecule has 3 N–H and O–H groups in total. The van der Waals surface area contributed by atoms with E-state index >= 15 is 0 Å². The van der Waals surface area contributed by atoms with Crippen LogP contribution in [0.4, 0.5) is 0 Å². The summed E-state index contributed by atoms with van der Waals surface area (Å²) in [6, 6.07) is 0.322. The zero-order valence-electron chi connectivity index (χ0n) is 12.1. The summed E-state index contributed by atoms with van der Waals surface area (Å²) in [6.07, 6.45) is 8.77. The van der Waals surface area contributed by atoms with Gasteiger partial charge in [-0.15, -0.1) is 12.4 Å². The second kappa shape index (κ2) is 7.22. The molecule has 0 radical (unpaired) electrons. The van der Waals surface area contributed by atoms with Crippen molar-refractivity contribution >= 4 is 18.3 Å². The molecule has 118 valence electrons. The van der Waals surface area contributed by atoms with Crippen LogP contribution in [0.15, 0.2) is 12.7 Å². The Bertz CT molecular complexity index is 438. The van der Waals surface area contributed by atoms with E-state index < -0.39 is 0 Å². The van der Waals surface area contributed by atoms with Gasteiger partial charge in [0.05, 0.1) is 6.54 Å². The van der Waals surface area contributed by atoms with Gasteiger partial charge in [-0.25, -0.2) is 4.98 Å². The Morgan fingerprint density at radius 3 is 2.67 bits per heavy atom. The third kappa shape index (κ3) is 3.74. The lowest BCUT2D eigenvalue weighted by molar-refractivity contribution is -0.127. The van der Waals surface area contributed by atoms with Crippen LogP contribution in [-0.2, 0) is 11.3 Å². The number of nitrogens with one attached hydrogen (secondary N) is 1. The first-order chi connectivity index (χ1) is 9.74. The molecule has 3 rings (SSSR count). The predicted octanol–water partition coefficient (Wildman–Crippen LogP) is 0.970. The molecule has 2 aliphatic carbocycles. The van der Waals surface area contributed by atoms with Gasteiger partial charge in [0, 0.05) is 18.5 Å². The highest BCUT2D eigenvalue weighted by atomic mass is 35.5. The van der Waals surface area contributed by atoms with E-state index in [2.05, 4.69) is 15.4 Å². The van der Waals surface area contributed by atoms with Gasteiger partial charge in [-0.3, -0.25) is 9.48 Å². The van der Waals surface area contributed by atoms with Crippen molar-refractivity contribution < 1.29 is 4.79 Å². The zero-order valence-corrected chi connectivity index (χ0v) is 13.0. The Labute approximate surface area is 131 Å². The first kappa shape index (κ1) is 16.2. The molecule has 7 heteroatoms. The van der Waals surface area contributed by atoms with Crippen molar-refractivity contribution in [3.8, 4) is 0 Å². The molecule has 21 heavy (non-hydrogen) atoms. The molecule has 2 atom stereocenters. The van der Waals surface area contributed by atoms with Crippen LogP contribution in [0, 0.1) is 17.8 Å². The van der Waals surface area contributed by atoms with Gasteiger partial charge in [0.25, 0.3) is 0 Å². The molecule has 2 bridgehead atoms. The number of halogens is 1. The standard InChI is InChI=1S/C14H23N5O.ClH/c15-13-10-2-1-3-11(13)7-12(6-10)14(20)17-4-5-19-9-16-8-18-19;/h8-13H,1-7,15H2,(H,17,20);1H. The number of amides is 1. The summed E-state index contributed by atoms with van der Waals surface area (Å²) in [6.45, 7) is 1.28. The highest BCUT2D eigenvalue weighted by molar-refractivity contribution is 5.85. The fourth-order valence-electron chi connectivity index (χ4n) is 3.79. The van der Waals surface area contributed by atoms with Gasteiger partial charge in [-0.1, -0.05) is 6.42 Å². The van der Waals surface area contributed by atoms with Crippen LogP contribution in [0.3, 0.4) is 0 Å². The lowest BCUT2D eigenvalue weighted by Gasteiger charge is -2.43. The van der Waals surface area contributed by atoms with Gasteiger partial charge in [0.1, 0.15) is 12.7 Å². The molecule has 1 aromatic rings. The normalized spacial score (nSPS) is 31.3. The molecule has 2 fully saturated rings. The van der Waals surface area contributed by atoms with Crippen LogP contribution < -0.4 is 11.1 Å². The van der Waals surface area contributed by atoms with E-state index in [0.29, 0.717) is 31.0 Å². The monoisotopic (exact) mass is 313 g/mol. The molecule has 0 aromatic carbocycles. The smallest absolute Gasteiger partial charge is 0.223 e. The average Bonchev–Trinajstić information content (AvgIpc) is 2.91. The second-order valence-corrected chi connectivity index (χ2v) is 6.15. The maximum absolute atomic E-state index is 12.3. The number of carbonyl (C=O) groups is 1. The largest absolute Gasteiger partial charge is 0.354 e. The van der Waals surface area contributed by atoms with Crippen LogP contribution >= 0.6 is 12.4 Å². The fraction of sp³-hybridized carbons (Fsp3) is 0.786. The first-order valence-electron chi connectivity index (χ1n) is 7.59. The molecular weight excluding hydrogens is 290 g/mol. The summed E-state index contributed by atoms with van der Waals surface area (Å²) in [5, 5.41) is 7.05. The molecule has 0 spiro atoms. The maximum Gasteiger partial charge on any atom is 0.223 e. The average molecular weight is 314 g/mol. The van der Waals surface area contributed by atoms with Crippen molar-refractivity contribution in [3.63, 3.8) is 0 Å². The third-order valence-corrected chi connectivity index (χ3v) is 4.89. The highest BCUT2D eigenvalue weighted by Gasteiger charge is 2.40. The van der Waals surface area contributed by atoms with Crippen molar-refractivity contribution in [2.75, 3.05) is 6.54 Å². The molecule has 0 aliphatic heterocycles. The van der Waals surface area contributed by atoms with E-state index in [1.165, 1.54) is 25.6 Å². The summed E-state index contributed by atoms with van der Waals surface area (Å²) in [7, 11) is 0. The number of hydrogen-bond donors (Lipinski definition) is 2. The van der Waals surface area contributed by atoms with Crippen molar-refractivity contribution in [1.29, 1.82) is 0 Å². The zero-order chi connectivity index (χ0) is 13.9. The molecule has 6 nitrogen and oxygen atoms in total. The Morgan fingerprint density at radius 2 is 2.05 bits per heavy atom. The molecule has 2 aliphatic rings. The Morgan fingerprint density at radius 1 is 1.33 bits per heavy atom. The second-order valence-electron chi connectivity index (χ2n) is 6.15. The lowest BCUT2D eigenvalue weighted by atomic mass is 9.65. The van der Waals surface area contributed by atoms with E-state index in [9.17, 15) is 4.79 Å². The van der Waals surface area contributed by atoms with Gasteiger partial charge in [0.2, 0.25) is 5.91 Å². The van der Waals surface area contributed by atoms with Crippen molar-refractivity contribution in [2.45, 2.75) is 44.7 Å². The number of aromatic nitrogens is 3. The van der Waals surface area contributed by atoms with E-state index in [-0.39, 0.29) is 24.2 Å². The number of carbonyl (C=O) groups excluding carboxylic acids is 1. The Kier molecular flexibility index (Phi) is 5.58. The van der Waals surface area contributed by atoms with E-state index in [0.717, 1.165) is 12.8 Å².